The molecular weight excluding hydrogens is 548 g/mol. The van der Waals surface area contributed by atoms with Crippen molar-refractivity contribution in [3.05, 3.63) is 133 Å². The number of benzene rings is 6. The molecule has 6 heteroatoms. The molecule has 6 aromatic rings. The average molecular weight is 583 g/mol. The van der Waals surface area contributed by atoms with E-state index in [1.54, 1.807) is 28.4 Å². The zero-order valence-electron chi connectivity index (χ0n) is 25.2. The molecule has 0 aliphatic rings. The molecule has 0 unspecified atom stereocenters. The lowest BCUT2D eigenvalue weighted by atomic mass is 10.0. The Hall–Kier alpha value is -5.62. The summed E-state index contributed by atoms with van der Waals surface area (Å²) in [6.07, 6.45) is 0. The third-order valence-electron chi connectivity index (χ3n) is 7.60. The second kappa shape index (κ2) is 12.7. The van der Waals surface area contributed by atoms with Gasteiger partial charge < -0.3 is 28.7 Å². The van der Waals surface area contributed by atoms with Crippen LogP contribution in [-0.2, 0) is 0 Å². The fourth-order valence-electron chi connectivity index (χ4n) is 5.52. The molecule has 0 atom stereocenters. The highest BCUT2D eigenvalue weighted by molar-refractivity contribution is 6.06. The molecule has 0 N–H and O–H groups in total. The fourth-order valence-corrected chi connectivity index (χ4v) is 5.52. The van der Waals surface area contributed by atoms with E-state index in [4.69, 9.17) is 18.9 Å². The second-order valence-electron chi connectivity index (χ2n) is 10.1. The second-order valence-corrected chi connectivity index (χ2v) is 10.1. The number of rotatable bonds is 10. The Morgan fingerprint density at radius 2 is 0.614 bits per heavy atom. The molecule has 0 spiro atoms. The van der Waals surface area contributed by atoms with E-state index in [0.717, 1.165) is 67.9 Å². The van der Waals surface area contributed by atoms with E-state index in [2.05, 4.69) is 70.5 Å². The van der Waals surface area contributed by atoms with Gasteiger partial charge in [-0.25, -0.2) is 0 Å². The van der Waals surface area contributed by atoms with Gasteiger partial charge in [0.1, 0.15) is 23.0 Å². The van der Waals surface area contributed by atoms with Crippen LogP contribution >= 0.6 is 0 Å². The molecule has 0 aliphatic carbocycles. The van der Waals surface area contributed by atoms with Gasteiger partial charge in [-0.15, -0.1) is 0 Å². The maximum absolute atomic E-state index is 5.62. The lowest BCUT2D eigenvalue weighted by Crippen LogP contribution is -2.13. The molecule has 44 heavy (non-hydrogen) atoms. The Bertz CT molecular complexity index is 1670. The summed E-state index contributed by atoms with van der Waals surface area (Å²) in [5.41, 5.74) is 5.89. The predicted octanol–water partition coefficient (Wildman–Crippen LogP) is 9.81. The van der Waals surface area contributed by atoms with Crippen LogP contribution in [0.3, 0.4) is 0 Å². The van der Waals surface area contributed by atoms with Crippen LogP contribution in [0.1, 0.15) is 0 Å². The van der Waals surface area contributed by atoms with Crippen LogP contribution in [0.25, 0.3) is 10.8 Å². The highest BCUT2D eigenvalue weighted by Gasteiger charge is 2.21. The first kappa shape index (κ1) is 28.5. The Labute approximate surface area is 258 Å². The number of hydrogen-bond donors (Lipinski definition) is 0. The molecule has 220 valence electrons. The van der Waals surface area contributed by atoms with Crippen LogP contribution in [-0.4, -0.2) is 28.4 Å². The van der Waals surface area contributed by atoms with Gasteiger partial charge in [0.25, 0.3) is 0 Å². The number of fused-ring (bicyclic) bond motifs is 1. The lowest BCUT2D eigenvalue weighted by Gasteiger charge is -2.30. The topological polar surface area (TPSA) is 43.4 Å². The number of hydrogen-bond acceptors (Lipinski definition) is 6. The zero-order valence-corrected chi connectivity index (χ0v) is 25.2. The molecule has 0 fully saturated rings. The standard InChI is InChI=1S/C38H34N2O4/c1-41-31-15-5-11-27(23-31)39(28-12-6-16-32(24-28)42-2)37-21-9-20-36-35(37)19-10-22-38(36)40(29-13-7-17-33(25-29)43-3)30-14-8-18-34(26-30)44-4/h5-26H,1-4H3. The van der Waals surface area contributed by atoms with E-state index in [0.29, 0.717) is 0 Å². The van der Waals surface area contributed by atoms with E-state index >= 15 is 0 Å². The van der Waals surface area contributed by atoms with Gasteiger partial charge in [0.15, 0.2) is 0 Å². The van der Waals surface area contributed by atoms with Crippen LogP contribution in [0, 0.1) is 0 Å². The van der Waals surface area contributed by atoms with Crippen LogP contribution in [0.15, 0.2) is 133 Å². The molecular formula is C38H34N2O4. The summed E-state index contributed by atoms with van der Waals surface area (Å²) in [7, 11) is 6.74. The SMILES string of the molecule is COc1cccc(N(c2cccc(OC)c2)c2cccc3c(N(c4cccc(OC)c4)c4cccc(OC)c4)cccc23)c1. The summed E-state index contributed by atoms with van der Waals surface area (Å²) in [6, 6.07) is 45.2. The summed E-state index contributed by atoms with van der Waals surface area (Å²) in [5.74, 6) is 3.11. The molecule has 0 aliphatic heterocycles. The summed E-state index contributed by atoms with van der Waals surface area (Å²) < 4.78 is 22.5. The summed E-state index contributed by atoms with van der Waals surface area (Å²) >= 11 is 0. The van der Waals surface area contributed by atoms with Gasteiger partial charge in [-0.1, -0.05) is 48.5 Å². The Kier molecular flexibility index (Phi) is 8.23. The van der Waals surface area contributed by atoms with Gasteiger partial charge in [-0.2, -0.15) is 0 Å². The highest BCUT2D eigenvalue weighted by Crippen LogP contribution is 2.45. The van der Waals surface area contributed by atoms with Crippen molar-refractivity contribution in [1.82, 2.24) is 0 Å². The monoisotopic (exact) mass is 582 g/mol. The van der Waals surface area contributed by atoms with Crippen LogP contribution in [0.2, 0.25) is 0 Å². The molecule has 0 saturated heterocycles. The number of methoxy groups -OCH3 is 4. The van der Waals surface area contributed by atoms with E-state index in [1.165, 1.54) is 0 Å². The van der Waals surface area contributed by atoms with Crippen LogP contribution < -0.4 is 28.7 Å². The van der Waals surface area contributed by atoms with Gasteiger partial charge in [0.2, 0.25) is 0 Å². The molecule has 0 radical (unpaired) electrons. The van der Waals surface area contributed by atoms with Gasteiger partial charge in [-0.3, -0.25) is 0 Å². The number of ether oxygens (including phenoxy) is 4. The third-order valence-corrected chi connectivity index (χ3v) is 7.60. The van der Waals surface area contributed by atoms with Gasteiger partial charge in [-0.05, 0) is 60.7 Å². The number of nitrogens with zero attached hydrogens (tertiary/aromatic N) is 2. The lowest BCUT2D eigenvalue weighted by molar-refractivity contribution is 0.414. The molecule has 6 nitrogen and oxygen atoms in total. The summed E-state index contributed by atoms with van der Waals surface area (Å²) in [5, 5.41) is 2.15. The zero-order chi connectivity index (χ0) is 30.5. The quantitative estimate of drug-likeness (QED) is 0.160. The van der Waals surface area contributed by atoms with E-state index < -0.39 is 0 Å². The van der Waals surface area contributed by atoms with Crippen molar-refractivity contribution >= 4 is 44.9 Å². The van der Waals surface area contributed by atoms with Crippen LogP contribution in [0.4, 0.5) is 34.1 Å². The van der Waals surface area contributed by atoms with E-state index in [-0.39, 0.29) is 0 Å². The Morgan fingerprint density at radius 3 is 0.886 bits per heavy atom. The van der Waals surface area contributed by atoms with Crippen molar-refractivity contribution in [2.75, 3.05) is 38.2 Å². The molecule has 6 rings (SSSR count). The highest BCUT2D eigenvalue weighted by atomic mass is 16.5. The maximum Gasteiger partial charge on any atom is 0.120 e. The molecule has 0 amide bonds. The predicted molar refractivity (Wildman–Crippen MR) is 180 cm³/mol. The first-order valence-electron chi connectivity index (χ1n) is 14.3. The van der Waals surface area contributed by atoms with Crippen molar-refractivity contribution in [1.29, 1.82) is 0 Å². The van der Waals surface area contributed by atoms with E-state index in [9.17, 15) is 0 Å². The van der Waals surface area contributed by atoms with Crippen LogP contribution in [0.5, 0.6) is 23.0 Å². The average Bonchev–Trinajstić information content (AvgIpc) is 3.09. The van der Waals surface area contributed by atoms with Crippen molar-refractivity contribution in [2.45, 2.75) is 0 Å². The molecule has 0 saturated carbocycles. The fraction of sp³-hybridized carbons (Fsp3) is 0.105. The van der Waals surface area contributed by atoms with E-state index in [1.807, 2.05) is 72.8 Å². The van der Waals surface area contributed by atoms with Gasteiger partial charge in [0, 0.05) is 57.8 Å². The molecule has 0 bridgehead atoms. The minimum absolute atomic E-state index is 0.776. The Morgan fingerprint density at radius 1 is 0.341 bits per heavy atom. The first-order valence-corrected chi connectivity index (χ1v) is 14.3. The summed E-state index contributed by atoms with van der Waals surface area (Å²) in [6.45, 7) is 0. The minimum atomic E-state index is 0.776. The molecule has 6 aromatic carbocycles. The Balaban J connectivity index is 1.61. The van der Waals surface area contributed by atoms with Gasteiger partial charge >= 0.3 is 0 Å². The molecule has 0 aromatic heterocycles. The van der Waals surface area contributed by atoms with Crippen molar-refractivity contribution < 1.29 is 18.9 Å². The normalized spacial score (nSPS) is 10.7. The third kappa shape index (κ3) is 5.57. The number of anilines is 6. The smallest absolute Gasteiger partial charge is 0.120 e. The first-order chi connectivity index (χ1) is 21.6. The largest absolute Gasteiger partial charge is 0.497 e. The van der Waals surface area contributed by atoms with Crippen molar-refractivity contribution in [3.63, 3.8) is 0 Å². The summed E-state index contributed by atoms with van der Waals surface area (Å²) in [4.78, 5) is 4.47. The maximum atomic E-state index is 5.62. The van der Waals surface area contributed by atoms with Crippen molar-refractivity contribution in [3.8, 4) is 23.0 Å². The molecule has 0 heterocycles. The minimum Gasteiger partial charge on any atom is -0.497 e. The van der Waals surface area contributed by atoms with Gasteiger partial charge in [0.05, 0.1) is 39.8 Å². The van der Waals surface area contributed by atoms with Crippen molar-refractivity contribution in [2.24, 2.45) is 0 Å².